The van der Waals surface area contributed by atoms with Gasteiger partial charge in [0.25, 0.3) is 0 Å². The van der Waals surface area contributed by atoms with E-state index in [-0.39, 0.29) is 12.2 Å². The summed E-state index contributed by atoms with van der Waals surface area (Å²) < 4.78 is 5.86. The molecule has 2 atom stereocenters. The Bertz CT molecular complexity index is 378. The van der Waals surface area contributed by atoms with E-state index in [0.29, 0.717) is 0 Å². The Morgan fingerprint density at radius 2 is 2.12 bits per heavy atom. The van der Waals surface area contributed by atoms with Gasteiger partial charge in [-0.3, -0.25) is 0 Å². The van der Waals surface area contributed by atoms with Crippen LogP contribution in [0.1, 0.15) is 38.2 Å². The second-order valence-electron chi connectivity index (χ2n) is 4.61. The maximum atomic E-state index is 9.86. The summed E-state index contributed by atoms with van der Waals surface area (Å²) in [6.07, 6.45) is 4.52. The highest BCUT2D eigenvalue weighted by atomic mass is 35.5. The van der Waals surface area contributed by atoms with Gasteiger partial charge in [0.1, 0.15) is 11.9 Å². The van der Waals surface area contributed by atoms with E-state index in [1.807, 2.05) is 18.2 Å². The maximum Gasteiger partial charge on any atom is 0.124 e. The molecule has 0 radical (unpaired) electrons. The van der Waals surface area contributed by atoms with Gasteiger partial charge < -0.3 is 9.84 Å². The molecule has 94 valence electrons. The second-order valence-corrected chi connectivity index (χ2v) is 5.02. The SMILES string of the molecule is CCc1cc(OC2CCCCC2O)ccc1Cl. The van der Waals surface area contributed by atoms with E-state index >= 15 is 0 Å². The molecular weight excluding hydrogens is 236 g/mol. The number of benzene rings is 1. The molecule has 0 aliphatic heterocycles. The Hall–Kier alpha value is -0.730. The highest BCUT2D eigenvalue weighted by Crippen LogP contribution is 2.27. The highest BCUT2D eigenvalue weighted by Gasteiger charge is 2.24. The average Bonchev–Trinajstić information content (AvgIpc) is 2.34. The molecular formula is C14H19ClO2. The number of aliphatic hydroxyl groups is 1. The van der Waals surface area contributed by atoms with E-state index < -0.39 is 0 Å². The third-order valence-corrected chi connectivity index (χ3v) is 3.72. The number of hydrogen-bond acceptors (Lipinski definition) is 2. The molecule has 1 aliphatic carbocycles. The lowest BCUT2D eigenvalue weighted by Gasteiger charge is -2.28. The zero-order valence-corrected chi connectivity index (χ0v) is 10.9. The van der Waals surface area contributed by atoms with Gasteiger partial charge in [-0.05, 0) is 49.4 Å². The van der Waals surface area contributed by atoms with E-state index in [1.165, 1.54) is 0 Å². The molecule has 1 saturated carbocycles. The summed E-state index contributed by atoms with van der Waals surface area (Å²) in [6, 6.07) is 5.72. The summed E-state index contributed by atoms with van der Waals surface area (Å²) in [7, 11) is 0. The van der Waals surface area contributed by atoms with Gasteiger partial charge in [0.2, 0.25) is 0 Å². The summed E-state index contributed by atoms with van der Waals surface area (Å²) in [4.78, 5) is 0. The Morgan fingerprint density at radius 3 is 2.82 bits per heavy atom. The minimum absolute atomic E-state index is 0.0605. The van der Waals surface area contributed by atoms with E-state index in [0.717, 1.165) is 48.4 Å². The lowest BCUT2D eigenvalue weighted by molar-refractivity contribution is 0.00684. The van der Waals surface area contributed by atoms with Crippen molar-refractivity contribution in [2.24, 2.45) is 0 Å². The summed E-state index contributed by atoms with van der Waals surface area (Å²) in [6.45, 7) is 2.07. The predicted molar refractivity (Wildman–Crippen MR) is 69.7 cm³/mol. The molecule has 2 unspecified atom stereocenters. The van der Waals surface area contributed by atoms with Crippen molar-refractivity contribution in [3.8, 4) is 5.75 Å². The minimum atomic E-state index is -0.329. The van der Waals surface area contributed by atoms with Crippen molar-refractivity contribution in [2.45, 2.75) is 51.2 Å². The molecule has 1 aromatic carbocycles. The van der Waals surface area contributed by atoms with Crippen molar-refractivity contribution in [3.63, 3.8) is 0 Å². The van der Waals surface area contributed by atoms with Gasteiger partial charge in [-0.2, -0.15) is 0 Å². The van der Waals surface area contributed by atoms with Crippen LogP contribution in [-0.2, 0) is 6.42 Å². The minimum Gasteiger partial charge on any atom is -0.488 e. The Kier molecular flexibility index (Phi) is 4.30. The van der Waals surface area contributed by atoms with Crippen LogP contribution in [0.25, 0.3) is 0 Å². The number of ether oxygens (including phenoxy) is 1. The fourth-order valence-electron chi connectivity index (χ4n) is 2.28. The topological polar surface area (TPSA) is 29.5 Å². The molecule has 2 nitrogen and oxygen atoms in total. The fourth-order valence-corrected chi connectivity index (χ4v) is 2.54. The smallest absolute Gasteiger partial charge is 0.124 e. The molecule has 1 aliphatic rings. The van der Waals surface area contributed by atoms with Gasteiger partial charge in [-0.25, -0.2) is 0 Å². The first-order valence-electron chi connectivity index (χ1n) is 6.34. The molecule has 0 saturated heterocycles. The van der Waals surface area contributed by atoms with Crippen molar-refractivity contribution >= 4 is 11.6 Å². The molecule has 1 aromatic rings. The second kappa shape index (κ2) is 5.74. The van der Waals surface area contributed by atoms with Crippen LogP contribution in [0.4, 0.5) is 0 Å². The number of halogens is 1. The van der Waals surface area contributed by atoms with Gasteiger partial charge >= 0.3 is 0 Å². The number of aryl methyl sites for hydroxylation is 1. The van der Waals surface area contributed by atoms with E-state index in [2.05, 4.69) is 6.92 Å². The van der Waals surface area contributed by atoms with Crippen molar-refractivity contribution in [1.29, 1.82) is 0 Å². The van der Waals surface area contributed by atoms with E-state index in [9.17, 15) is 5.11 Å². The average molecular weight is 255 g/mol. The highest BCUT2D eigenvalue weighted by molar-refractivity contribution is 6.31. The lowest BCUT2D eigenvalue weighted by Crippen LogP contribution is -2.34. The quantitative estimate of drug-likeness (QED) is 0.893. The first-order valence-corrected chi connectivity index (χ1v) is 6.71. The zero-order chi connectivity index (χ0) is 12.3. The largest absolute Gasteiger partial charge is 0.488 e. The Labute approximate surface area is 108 Å². The first kappa shape index (κ1) is 12.7. The molecule has 3 heteroatoms. The molecule has 1 fully saturated rings. The number of rotatable bonds is 3. The van der Waals surface area contributed by atoms with Gasteiger partial charge in [-0.15, -0.1) is 0 Å². The molecule has 1 N–H and O–H groups in total. The van der Waals surface area contributed by atoms with Crippen LogP contribution in [0.3, 0.4) is 0 Å². The fraction of sp³-hybridized carbons (Fsp3) is 0.571. The third kappa shape index (κ3) is 3.14. The summed E-state index contributed by atoms with van der Waals surface area (Å²) in [5.74, 6) is 0.817. The van der Waals surface area contributed by atoms with Crippen LogP contribution in [-0.4, -0.2) is 17.3 Å². The summed E-state index contributed by atoms with van der Waals surface area (Å²) in [5, 5.41) is 10.6. The van der Waals surface area contributed by atoms with Crippen LogP contribution in [0.2, 0.25) is 5.02 Å². The van der Waals surface area contributed by atoms with Crippen molar-refractivity contribution in [1.82, 2.24) is 0 Å². The van der Waals surface area contributed by atoms with E-state index in [1.54, 1.807) is 0 Å². The van der Waals surface area contributed by atoms with Gasteiger partial charge in [0.15, 0.2) is 0 Å². The maximum absolute atomic E-state index is 9.86. The van der Waals surface area contributed by atoms with Crippen molar-refractivity contribution < 1.29 is 9.84 Å². The van der Waals surface area contributed by atoms with Crippen LogP contribution in [0, 0.1) is 0 Å². The molecule has 17 heavy (non-hydrogen) atoms. The van der Waals surface area contributed by atoms with Crippen LogP contribution in [0.15, 0.2) is 18.2 Å². The number of aliphatic hydroxyl groups excluding tert-OH is 1. The predicted octanol–water partition coefficient (Wildman–Crippen LogP) is 3.58. The molecule has 2 rings (SSSR count). The normalized spacial score (nSPS) is 24.6. The lowest BCUT2D eigenvalue weighted by atomic mass is 9.95. The van der Waals surface area contributed by atoms with Gasteiger partial charge in [-0.1, -0.05) is 24.9 Å². The van der Waals surface area contributed by atoms with Gasteiger partial charge in [0, 0.05) is 5.02 Å². The molecule has 0 amide bonds. The molecule has 0 spiro atoms. The summed E-state index contributed by atoms with van der Waals surface area (Å²) >= 11 is 6.06. The summed E-state index contributed by atoms with van der Waals surface area (Å²) in [5.41, 5.74) is 1.09. The monoisotopic (exact) mass is 254 g/mol. The Morgan fingerprint density at radius 1 is 1.35 bits per heavy atom. The van der Waals surface area contributed by atoms with Crippen molar-refractivity contribution in [3.05, 3.63) is 28.8 Å². The molecule has 0 aromatic heterocycles. The van der Waals surface area contributed by atoms with E-state index in [4.69, 9.17) is 16.3 Å². The standard InChI is InChI=1S/C14H19ClO2/c1-2-10-9-11(7-8-12(10)15)17-14-6-4-3-5-13(14)16/h7-9,13-14,16H,2-6H2,1H3. The van der Waals surface area contributed by atoms with Crippen LogP contribution in [0.5, 0.6) is 5.75 Å². The Balaban J connectivity index is 2.07. The van der Waals surface area contributed by atoms with Gasteiger partial charge in [0.05, 0.1) is 6.10 Å². The van der Waals surface area contributed by atoms with Crippen LogP contribution >= 0.6 is 11.6 Å². The molecule has 0 bridgehead atoms. The molecule has 0 heterocycles. The zero-order valence-electron chi connectivity index (χ0n) is 10.2. The van der Waals surface area contributed by atoms with Crippen molar-refractivity contribution in [2.75, 3.05) is 0 Å². The first-order chi connectivity index (χ1) is 8.20. The number of hydrogen-bond donors (Lipinski definition) is 1. The van der Waals surface area contributed by atoms with Crippen LogP contribution < -0.4 is 4.74 Å². The third-order valence-electron chi connectivity index (χ3n) is 3.35.